The highest BCUT2D eigenvalue weighted by Gasteiger charge is 2.05. The maximum Gasteiger partial charge on any atom is 0.00871 e. The summed E-state index contributed by atoms with van der Waals surface area (Å²) in [5.74, 6) is 0. The summed E-state index contributed by atoms with van der Waals surface area (Å²) in [6.07, 6.45) is 4.11. The molecule has 3 aromatic rings. The average Bonchev–Trinajstić information content (AvgIpc) is 2.75. The Morgan fingerprint density at radius 2 is 1.62 bits per heavy atom. The molecule has 0 fully saturated rings. The smallest absolute Gasteiger partial charge is 0.00871 e. The molecule has 2 aromatic carbocycles. The van der Waals surface area contributed by atoms with Gasteiger partial charge in [-0.25, -0.2) is 0 Å². The van der Waals surface area contributed by atoms with Crippen molar-refractivity contribution in [2.75, 3.05) is 0 Å². The molecule has 0 saturated heterocycles. The van der Waals surface area contributed by atoms with Gasteiger partial charge in [-0.05, 0) is 28.8 Å². The minimum absolute atomic E-state index is 1.29. The van der Waals surface area contributed by atoms with Gasteiger partial charge in [-0.3, -0.25) is 0 Å². The molecule has 3 rings (SSSR count). The third-order valence-electron chi connectivity index (χ3n) is 3.03. The van der Waals surface area contributed by atoms with E-state index in [0.717, 1.165) is 0 Å². The van der Waals surface area contributed by atoms with Crippen molar-refractivity contribution in [2.24, 2.45) is 0 Å². The molecular formula is C15H13N. The van der Waals surface area contributed by atoms with E-state index in [-0.39, 0.29) is 0 Å². The Hall–Kier alpha value is -2.02. The zero-order chi connectivity index (χ0) is 11.0. The van der Waals surface area contributed by atoms with Crippen LogP contribution in [0.3, 0.4) is 0 Å². The Morgan fingerprint density at radius 3 is 2.44 bits per heavy atom. The molecule has 16 heavy (non-hydrogen) atoms. The highest BCUT2D eigenvalue weighted by Crippen LogP contribution is 2.30. The van der Waals surface area contributed by atoms with Crippen molar-refractivity contribution >= 4 is 10.8 Å². The van der Waals surface area contributed by atoms with Gasteiger partial charge >= 0.3 is 0 Å². The van der Waals surface area contributed by atoms with Gasteiger partial charge in [-0.15, -0.1) is 0 Å². The van der Waals surface area contributed by atoms with E-state index < -0.39 is 0 Å². The number of rotatable bonds is 1. The molecule has 0 spiro atoms. The lowest BCUT2D eigenvalue weighted by molar-refractivity contribution is 1.39. The summed E-state index contributed by atoms with van der Waals surface area (Å²) < 4.78 is 0. The molecule has 0 atom stereocenters. The lowest BCUT2D eigenvalue weighted by atomic mass is 9.98. The van der Waals surface area contributed by atoms with Crippen LogP contribution < -0.4 is 0 Å². The molecule has 1 nitrogen and oxygen atoms in total. The zero-order valence-electron chi connectivity index (χ0n) is 9.20. The molecule has 0 aliphatic rings. The third kappa shape index (κ3) is 1.33. The molecule has 1 aromatic heterocycles. The SMILES string of the molecule is Cc1c[nH]cc1-c1cccc2ccccc12. The quantitative estimate of drug-likeness (QED) is 0.617. The van der Waals surface area contributed by atoms with Crippen LogP contribution in [0.5, 0.6) is 0 Å². The number of nitrogens with one attached hydrogen (secondary N) is 1. The zero-order valence-corrected chi connectivity index (χ0v) is 9.20. The first-order valence-electron chi connectivity index (χ1n) is 5.48. The number of aryl methyl sites for hydroxylation is 1. The van der Waals surface area contributed by atoms with E-state index in [2.05, 4.69) is 60.6 Å². The molecule has 1 heteroatoms. The summed E-state index contributed by atoms with van der Waals surface area (Å²) in [4.78, 5) is 3.16. The van der Waals surface area contributed by atoms with Crippen LogP contribution in [0.25, 0.3) is 21.9 Å². The number of fused-ring (bicyclic) bond motifs is 1. The van der Waals surface area contributed by atoms with E-state index in [1.807, 2.05) is 6.20 Å². The van der Waals surface area contributed by atoms with Gasteiger partial charge in [0.1, 0.15) is 0 Å². The fourth-order valence-electron chi connectivity index (χ4n) is 2.19. The van der Waals surface area contributed by atoms with Gasteiger partial charge in [0.2, 0.25) is 0 Å². The first kappa shape index (κ1) is 9.22. The van der Waals surface area contributed by atoms with Crippen molar-refractivity contribution < 1.29 is 0 Å². The van der Waals surface area contributed by atoms with Crippen LogP contribution in [0, 0.1) is 6.92 Å². The molecule has 0 unspecified atom stereocenters. The average molecular weight is 207 g/mol. The van der Waals surface area contributed by atoms with Gasteiger partial charge < -0.3 is 4.98 Å². The first-order chi connectivity index (χ1) is 7.86. The van der Waals surface area contributed by atoms with E-state index in [4.69, 9.17) is 0 Å². The van der Waals surface area contributed by atoms with Crippen LogP contribution >= 0.6 is 0 Å². The summed E-state index contributed by atoms with van der Waals surface area (Å²) in [5, 5.41) is 2.60. The Morgan fingerprint density at radius 1 is 0.812 bits per heavy atom. The molecule has 0 saturated carbocycles. The fourth-order valence-corrected chi connectivity index (χ4v) is 2.19. The van der Waals surface area contributed by atoms with Crippen molar-refractivity contribution in [1.29, 1.82) is 0 Å². The highest BCUT2D eigenvalue weighted by atomic mass is 14.6. The maximum absolute atomic E-state index is 3.16. The van der Waals surface area contributed by atoms with E-state index >= 15 is 0 Å². The van der Waals surface area contributed by atoms with Gasteiger partial charge in [0.05, 0.1) is 0 Å². The van der Waals surface area contributed by atoms with E-state index in [0.29, 0.717) is 0 Å². The van der Waals surface area contributed by atoms with Crippen molar-refractivity contribution in [3.05, 3.63) is 60.4 Å². The standard InChI is InChI=1S/C15H13N/c1-11-9-16-10-15(11)14-8-4-6-12-5-2-3-7-13(12)14/h2-10,16H,1H3. The number of aromatic nitrogens is 1. The lowest BCUT2D eigenvalue weighted by Crippen LogP contribution is -1.80. The summed E-state index contributed by atoms with van der Waals surface area (Å²) in [5.41, 5.74) is 3.88. The van der Waals surface area contributed by atoms with Gasteiger partial charge in [-0.1, -0.05) is 42.5 Å². The van der Waals surface area contributed by atoms with Gasteiger partial charge in [0.15, 0.2) is 0 Å². The van der Waals surface area contributed by atoms with Crippen LogP contribution in [0.4, 0.5) is 0 Å². The van der Waals surface area contributed by atoms with E-state index in [1.54, 1.807) is 0 Å². The maximum atomic E-state index is 3.16. The van der Waals surface area contributed by atoms with Crippen LogP contribution in [-0.4, -0.2) is 4.98 Å². The predicted octanol–water partition coefficient (Wildman–Crippen LogP) is 4.14. The molecule has 0 bridgehead atoms. The second-order valence-electron chi connectivity index (χ2n) is 4.08. The van der Waals surface area contributed by atoms with Gasteiger partial charge in [-0.2, -0.15) is 0 Å². The molecule has 0 radical (unpaired) electrons. The van der Waals surface area contributed by atoms with Gasteiger partial charge in [0.25, 0.3) is 0 Å². The Labute approximate surface area is 94.7 Å². The largest absolute Gasteiger partial charge is 0.367 e. The molecule has 0 aliphatic carbocycles. The first-order valence-corrected chi connectivity index (χ1v) is 5.48. The minimum Gasteiger partial charge on any atom is -0.367 e. The highest BCUT2D eigenvalue weighted by molar-refractivity contribution is 5.97. The molecule has 0 aliphatic heterocycles. The lowest BCUT2D eigenvalue weighted by Gasteiger charge is -2.05. The number of hydrogen-bond donors (Lipinski definition) is 1. The fraction of sp³-hybridized carbons (Fsp3) is 0.0667. The molecule has 78 valence electrons. The van der Waals surface area contributed by atoms with Crippen LogP contribution in [0.2, 0.25) is 0 Å². The van der Waals surface area contributed by atoms with Crippen LogP contribution in [0.15, 0.2) is 54.9 Å². The Kier molecular flexibility index (Phi) is 2.03. The number of hydrogen-bond acceptors (Lipinski definition) is 0. The summed E-state index contributed by atoms with van der Waals surface area (Å²) >= 11 is 0. The van der Waals surface area contributed by atoms with E-state index in [1.165, 1.54) is 27.5 Å². The molecule has 0 amide bonds. The van der Waals surface area contributed by atoms with Gasteiger partial charge in [0, 0.05) is 18.0 Å². The predicted molar refractivity (Wildman–Crippen MR) is 68.5 cm³/mol. The van der Waals surface area contributed by atoms with Crippen molar-refractivity contribution in [2.45, 2.75) is 6.92 Å². The summed E-state index contributed by atoms with van der Waals surface area (Å²) in [7, 11) is 0. The Balaban J connectivity index is 2.36. The van der Waals surface area contributed by atoms with Crippen molar-refractivity contribution in [3.8, 4) is 11.1 Å². The number of aromatic amines is 1. The van der Waals surface area contributed by atoms with Crippen molar-refractivity contribution in [3.63, 3.8) is 0 Å². The monoisotopic (exact) mass is 207 g/mol. The van der Waals surface area contributed by atoms with Crippen LogP contribution in [-0.2, 0) is 0 Å². The number of benzene rings is 2. The molecular weight excluding hydrogens is 194 g/mol. The summed E-state index contributed by atoms with van der Waals surface area (Å²) in [6, 6.07) is 14.9. The van der Waals surface area contributed by atoms with Crippen LogP contribution in [0.1, 0.15) is 5.56 Å². The number of H-pyrrole nitrogens is 1. The van der Waals surface area contributed by atoms with E-state index in [9.17, 15) is 0 Å². The summed E-state index contributed by atoms with van der Waals surface area (Å²) in [6.45, 7) is 2.13. The van der Waals surface area contributed by atoms with Crippen molar-refractivity contribution in [1.82, 2.24) is 4.98 Å². The minimum atomic E-state index is 1.29. The molecule has 1 N–H and O–H groups in total. The second kappa shape index (κ2) is 3.53. The normalized spacial score (nSPS) is 10.8. The third-order valence-corrected chi connectivity index (χ3v) is 3.03. The second-order valence-corrected chi connectivity index (χ2v) is 4.08. The Bertz CT molecular complexity index is 629. The molecule has 1 heterocycles. The topological polar surface area (TPSA) is 15.8 Å².